The van der Waals surface area contributed by atoms with E-state index < -0.39 is 0 Å². The van der Waals surface area contributed by atoms with Crippen LogP contribution in [0.4, 0.5) is 11.8 Å². The van der Waals surface area contributed by atoms with Crippen LogP contribution in [0.3, 0.4) is 0 Å². The topological polar surface area (TPSA) is 77.2 Å². The summed E-state index contributed by atoms with van der Waals surface area (Å²) in [6, 6.07) is 3.49. The van der Waals surface area contributed by atoms with Crippen LogP contribution in [-0.2, 0) is 4.74 Å². The summed E-state index contributed by atoms with van der Waals surface area (Å²) in [6.45, 7) is 2.87. The van der Waals surface area contributed by atoms with Crippen molar-refractivity contribution in [2.24, 2.45) is 0 Å². The van der Waals surface area contributed by atoms with Crippen LogP contribution in [0.2, 0.25) is 5.15 Å². The zero-order chi connectivity index (χ0) is 12.5. The van der Waals surface area contributed by atoms with Crippen molar-refractivity contribution in [2.75, 3.05) is 36.9 Å². The highest BCUT2D eigenvalue weighted by molar-refractivity contribution is 6.29. The maximum Gasteiger partial charge on any atom is 0.222 e. The Kier molecular flexibility index (Phi) is 2.89. The molecule has 2 aromatic rings. The van der Waals surface area contributed by atoms with Crippen LogP contribution in [0, 0.1) is 0 Å². The number of aromatic nitrogens is 3. The standard InChI is InChI=1S/C11H12ClN5O/c12-8-2-1-7-9(15-8)10(16-11(13)14-7)17-3-5-18-6-4-17/h1-2H,3-6H2,(H2,13,14,16). The molecule has 0 aliphatic carbocycles. The molecule has 2 N–H and O–H groups in total. The Bertz CT molecular complexity index is 585. The number of nitrogen functional groups attached to an aromatic ring is 1. The fourth-order valence-electron chi connectivity index (χ4n) is 1.99. The van der Waals surface area contributed by atoms with Crippen molar-refractivity contribution in [1.82, 2.24) is 15.0 Å². The molecule has 0 unspecified atom stereocenters. The summed E-state index contributed by atoms with van der Waals surface area (Å²) in [5.41, 5.74) is 7.11. The molecule has 3 rings (SSSR count). The first-order valence-corrected chi connectivity index (χ1v) is 6.04. The first kappa shape index (κ1) is 11.4. The molecule has 0 atom stereocenters. The summed E-state index contributed by atoms with van der Waals surface area (Å²) in [4.78, 5) is 14.8. The van der Waals surface area contributed by atoms with E-state index in [9.17, 15) is 0 Å². The van der Waals surface area contributed by atoms with E-state index in [1.165, 1.54) is 0 Å². The van der Waals surface area contributed by atoms with Crippen LogP contribution in [0.15, 0.2) is 12.1 Å². The first-order valence-electron chi connectivity index (χ1n) is 5.66. The third kappa shape index (κ3) is 2.04. The number of nitrogens with zero attached hydrogens (tertiary/aromatic N) is 4. The molecule has 2 aromatic heterocycles. The van der Waals surface area contributed by atoms with Gasteiger partial charge in [-0.05, 0) is 12.1 Å². The molecule has 6 nitrogen and oxygen atoms in total. The molecule has 1 saturated heterocycles. The van der Waals surface area contributed by atoms with Crippen LogP contribution < -0.4 is 10.6 Å². The van der Waals surface area contributed by atoms with Gasteiger partial charge in [-0.3, -0.25) is 0 Å². The molecule has 1 aliphatic rings. The Morgan fingerprint density at radius 1 is 1.17 bits per heavy atom. The minimum atomic E-state index is 0.244. The number of ether oxygens (including phenoxy) is 1. The summed E-state index contributed by atoms with van der Waals surface area (Å²) in [5, 5.41) is 0.422. The summed E-state index contributed by atoms with van der Waals surface area (Å²) in [7, 11) is 0. The number of nitrogens with two attached hydrogens (primary N) is 1. The van der Waals surface area contributed by atoms with E-state index in [0.717, 1.165) is 18.9 Å². The Morgan fingerprint density at radius 2 is 1.94 bits per heavy atom. The summed E-state index contributed by atoms with van der Waals surface area (Å²) >= 11 is 5.93. The van der Waals surface area contributed by atoms with Crippen LogP contribution in [-0.4, -0.2) is 41.3 Å². The van der Waals surface area contributed by atoms with Crippen molar-refractivity contribution in [2.45, 2.75) is 0 Å². The largest absolute Gasteiger partial charge is 0.378 e. The molecule has 0 amide bonds. The molecular weight excluding hydrogens is 254 g/mol. The molecule has 1 fully saturated rings. The summed E-state index contributed by atoms with van der Waals surface area (Å²) < 4.78 is 5.32. The smallest absolute Gasteiger partial charge is 0.222 e. The van der Waals surface area contributed by atoms with Crippen molar-refractivity contribution in [3.8, 4) is 0 Å². The first-order chi connectivity index (χ1) is 8.74. The van der Waals surface area contributed by atoms with Gasteiger partial charge in [0.2, 0.25) is 5.95 Å². The van der Waals surface area contributed by atoms with Crippen molar-refractivity contribution < 1.29 is 4.74 Å². The van der Waals surface area contributed by atoms with E-state index in [0.29, 0.717) is 29.4 Å². The summed E-state index contributed by atoms with van der Waals surface area (Å²) in [5.74, 6) is 0.969. The summed E-state index contributed by atoms with van der Waals surface area (Å²) in [6.07, 6.45) is 0. The Labute approximate surface area is 109 Å². The Morgan fingerprint density at radius 3 is 2.72 bits per heavy atom. The lowest BCUT2D eigenvalue weighted by atomic mass is 10.3. The molecule has 0 saturated carbocycles. The van der Waals surface area contributed by atoms with Gasteiger partial charge in [0, 0.05) is 13.1 Å². The van der Waals surface area contributed by atoms with E-state index in [-0.39, 0.29) is 5.95 Å². The number of hydrogen-bond donors (Lipinski definition) is 1. The minimum absolute atomic E-state index is 0.244. The molecule has 3 heterocycles. The SMILES string of the molecule is Nc1nc(N2CCOCC2)c2nc(Cl)ccc2n1. The molecule has 7 heteroatoms. The monoisotopic (exact) mass is 265 g/mol. The van der Waals surface area contributed by atoms with Gasteiger partial charge >= 0.3 is 0 Å². The molecular formula is C11H12ClN5O. The molecule has 18 heavy (non-hydrogen) atoms. The lowest BCUT2D eigenvalue weighted by Gasteiger charge is -2.28. The van der Waals surface area contributed by atoms with Gasteiger partial charge in [0.05, 0.1) is 18.7 Å². The second kappa shape index (κ2) is 4.55. The number of pyridine rings is 1. The Balaban J connectivity index is 2.16. The maximum atomic E-state index is 5.93. The number of fused-ring (bicyclic) bond motifs is 1. The highest BCUT2D eigenvalue weighted by atomic mass is 35.5. The van der Waals surface area contributed by atoms with Crippen molar-refractivity contribution >= 4 is 34.4 Å². The molecule has 0 aromatic carbocycles. The quantitative estimate of drug-likeness (QED) is 0.778. The van der Waals surface area contributed by atoms with Crippen molar-refractivity contribution in [3.05, 3.63) is 17.3 Å². The molecule has 0 bridgehead atoms. The number of halogens is 1. The second-order valence-electron chi connectivity index (χ2n) is 4.01. The highest BCUT2D eigenvalue weighted by Gasteiger charge is 2.17. The predicted molar refractivity (Wildman–Crippen MR) is 69.8 cm³/mol. The van der Waals surface area contributed by atoms with Gasteiger partial charge in [-0.2, -0.15) is 4.98 Å². The van der Waals surface area contributed by atoms with Gasteiger partial charge in [0.15, 0.2) is 5.82 Å². The second-order valence-corrected chi connectivity index (χ2v) is 4.39. The third-order valence-electron chi connectivity index (χ3n) is 2.82. The van der Waals surface area contributed by atoms with E-state index >= 15 is 0 Å². The zero-order valence-electron chi connectivity index (χ0n) is 9.64. The van der Waals surface area contributed by atoms with Crippen LogP contribution in [0.1, 0.15) is 0 Å². The van der Waals surface area contributed by atoms with Gasteiger partial charge in [-0.1, -0.05) is 11.6 Å². The van der Waals surface area contributed by atoms with E-state index in [1.807, 2.05) is 0 Å². The van der Waals surface area contributed by atoms with Gasteiger partial charge < -0.3 is 15.4 Å². The normalized spacial score (nSPS) is 16.2. The van der Waals surface area contributed by atoms with E-state index in [2.05, 4.69) is 19.9 Å². The van der Waals surface area contributed by atoms with E-state index in [1.54, 1.807) is 12.1 Å². The van der Waals surface area contributed by atoms with Crippen molar-refractivity contribution in [3.63, 3.8) is 0 Å². The third-order valence-corrected chi connectivity index (χ3v) is 3.03. The minimum Gasteiger partial charge on any atom is -0.378 e. The van der Waals surface area contributed by atoms with Crippen LogP contribution in [0.25, 0.3) is 11.0 Å². The number of anilines is 2. The highest BCUT2D eigenvalue weighted by Crippen LogP contribution is 2.25. The molecule has 94 valence electrons. The molecule has 0 radical (unpaired) electrons. The van der Waals surface area contributed by atoms with Crippen LogP contribution in [0.5, 0.6) is 0 Å². The lowest BCUT2D eigenvalue weighted by molar-refractivity contribution is 0.122. The maximum absolute atomic E-state index is 5.93. The average molecular weight is 266 g/mol. The predicted octanol–water partition coefficient (Wildman–Crippen LogP) is 1.10. The van der Waals surface area contributed by atoms with E-state index in [4.69, 9.17) is 22.1 Å². The number of rotatable bonds is 1. The molecule has 1 aliphatic heterocycles. The number of morpholine rings is 1. The van der Waals surface area contributed by atoms with Crippen LogP contribution >= 0.6 is 11.6 Å². The number of hydrogen-bond acceptors (Lipinski definition) is 6. The molecule has 0 spiro atoms. The fourth-order valence-corrected chi connectivity index (χ4v) is 2.14. The van der Waals surface area contributed by atoms with Gasteiger partial charge in [0.25, 0.3) is 0 Å². The Hall–Kier alpha value is -1.66. The fraction of sp³-hybridized carbons (Fsp3) is 0.364. The van der Waals surface area contributed by atoms with Gasteiger partial charge in [0.1, 0.15) is 10.7 Å². The zero-order valence-corrected chi connectivity index (χ0v) is 10.4. The van der Waals surface area contributed by atoms with Crippen molar-refractivity contribution in [1.29, 1.82) is 0 Å². The lowest BCUT2D eigenvalue weighted by Crippen LogP contribution is -2.37. The van der Waals surface area contributed by atoms with Gasteiger partial charge in [-0.15, -0.1) is 0 Å². The average Bonchev–Trinajstić information content (AvgIpc) is 2.39. The van der Waals surface area contributed by atoms with Gasteiger partial charge in [-0.25, -0.2) is 9.97 Å².